The second-order valence-corrected chi connectivity index (χ2v) is 13.3. The molecule has 4 N–H and O–H groups in total. The van der Waals surface area contributed by atoms with Crippen LogP contribution in [0.1, 0.15) is 60.3 Å². The van der Waals surface area contributed by atoms with Crippen molar-refractivity contribution in [1.82, 2.24) is 9.88 Å². The van der Waals surface area contributed by atoms with Gasteiger partial charge in [-0.3, -0.25) is 19.5 Å². The third-order valence-electron chi connectivity index (χ3n) is 7.81. The molecule has 240 valence electrons. The Labute approximate surface area is 261 Å². The number of pyridine rings is 1. The van der Waals surface area contributed by atoms with Gasteiger partial charge in [-0.25, -0.2) is 13.2 Å². The van der Waals surface area contributed by atoms with E-state index < -0.39 is 39.2 Å². The van der Waals surface area contributed by atoms with Gasteiger partial charge in [0.2, 0.25) is 11.8 Å². The van der Waals surface area contributed by atoms with Crippen molar-refractivity contribution in [3.63, 3.8) is 0 Å². The van der Waals surface area contributed by atoms with Crippen molar-refractivity contribution in [3.8, 4) is 11.5 Å². The highest BCUT2D eigenvalue weighted by Gasteiger charge is 2.38. The number of methoxy groups -OCH3 is 2. The molecule has 1 fully saturated rings. The zero-order valence-corrected chi connectivity index (χ0v) is 26.5. The number of carbonyl (C=O) groups is 3. The molecule has 2 atom stereocenters. The van der Waals surface area contributed by atoms with Crippen LogP contribution in [0.15, 0.2) is 59.8 Å². The lowest BCUT2D eigenvalue weighted by molar-refractivity contribution is -0.133. The average molecular weight is 640 g/mol. The van der Waals surface area contributed by atoms with Crippen LogP contribution in [0.2, 0.25) is 0 Å². The second-order valence-electron chi connectivity index (χ2n) is 10.9. The zero-order valence-electron chi connectivity index (χ0n) is 25.7. The molecule has 0 aliphatic carbocycles. The topological polar surface area (TPSA) is 181 Å². The summed E-state index contributed by atoms with van der Waals surface area (Å²) in [5, 5.41) is 12.0. The number of amides is 3. The predicted octanol–water partition coefficient (Wildman–Crippen LogP) is 4.01. The van der Waals surface area contributed by atoms with Crippen molar-refractivity contribution in [1.29, 1.82) is 0 Å². The number of nitrogens with one attached hydrogen (secondary N) is 1. The highest BCUT2D eigenvalue weighted by molar-refractivity contribution is 7.92. The van der Waals surface area contributed by atoms with Crippen LogP contribution in [0.25, 0.3) is 0 Å². The van der Waals surface area contributed by atoms with E-state index in [0.29, 0.717) is 47.7 Å². The summed E-state index contributed by atoms with van der Waals surface area (Å²) in [5.41, 5.74) is 7.05. The first kappa shape index (κ1) is 33.1. The zero-order chi connectivity index (χ0) is 33.1. The van der Waals surface area contributed by atoms with E-state index in [1.807, 2.05) is 0 Å². The highest BCUT2D eigenvalue weighted by atomic mass is 32.2. The quantitative estimate of drug-likeness (QED) is 0.277. The van der Waals surface area contributed by atoms with Crippen LogP contribution in [0.3, 0.4) is 0 Å². The first-order chi connectivity index (χ1) is 21.3. The second kappa shape index (κ2) is 13.4. The maximum Gasteiger partial charge on any atom is 0.411 e. The molecule has 1 aliphatic rings. The SMILES string of the molecule is COc1ccc([C@H](Nc2cncc(C(N)=O)c2)C(=O)N2CCC[C@@H]2c2cc(N(C)C(=O)O)ccc2S(=O)(=O)C(C)C)cc1OC. The Bertz CT molecular complexity index is 1710. The summed E-state index contributed by atoms with van der Waals surface area (Å²) in [7, 11) is 0.518. The van der Waals surface area contributed by atoms with Crippen molar-refractivity contribution in [2.24, 2.45) is 5.73 Å². The summed E-state index contributed by atoms with van der Waals surface area (Å²) in [6.45, 7) is 3.45. The molecule has 3 aromatic rings. The molecular weight excluding hydrogens is 602 g/mol. The van der Waals surface area contributed by atoms with Gasteiger partial charge in [-0.05, 0) is 74.2 Å². The first-order valence-electron chi connectivity index (χ1n) is 14.2. The smallest absolute Gasteiger partial charge is 0.411 e. The van der Waals surface area contributed by atoms with Crippen molar-refractivity contribution in [2.75, 3.05) is 38.0 Å². The Balaban J connectivity index is 1.85. The maximum atomic E-state index is 14.6. The van der Waals surface area contributed by atoms with Crippen LogP contribution in [0.4, 0.5) is 16.2 Å². The lowest BCUT2D eigenvalue weighted by Gasteiger charge is -2.32. The van der Waals surface area contributed by atoms with Gasteiger partial charge in [-0.15, -0.1) is 0 Å². The van der Waals surface area contributed by atoms with E-state index in [9.17, 15) is 27.9 Å². The number of rotatable bonds is 11. The van der Waals surface area contributed by atoms with E-state index in [-0.39, 0.29) is 22.1 Å². The predicted molar refractivity (Wildman–Crippen MR) is 168 cm³/mol. The van der Waals surface area contributed by atoms with Gasteiger partial charge in [0.15, 0.2) is 21.3 Å². The number of nitrogens with zero attached hydrogens (tertiary/aromatic N) is 3. The van der Waals surface area contributed by atoms with Gasteiger partial charge in [0, 0.05) is 25.5 Å². The normalized spacial score (nSPS) is 15.4. The number of anilines is 2. The van der Waals surface area contributed by atoms with Gasteiger partial charge >= 0.3 is 6.09 Å². The molecular formula is C31H37N5O8S. The van der Waals surface area contributed by atoms with Gasteiger partial charge in [-0.2, -0.15) is 0 Å². The highest BCUT2D eigenvalue weighted by Crippen LogP contribution is 2.41. The molecule has 45 heavy (non-hydrogen) atoms. The number of carboxylic acid groups (broad SMARTS) is 1. The fraction of sp³-hybridized carbons (Fsp3) is 0.355. The van der Waals surface area contributed by atoms with Gasteiger partial charge in [0.05, 0.1) is 47.9 Å². The lowest BCUT2D eigenvalue weighted by Crippen LogP contribution is -2.38. The number of primary amides is 1. The van der Waals surface area contributed by atoms with Gasteiger partial charge < -0.3 is 30.5 Å². The fourth-order valence-electron chi connectivity index (χ4n) is 5.29. The van der Waals surface area contributed by atoms with Crippen molar-refractivity contribution < 1.29 is 37.4 Å². The number of carbonyl (C=O) groups excluding carboxylic acids is 2. The van der Waals surface area contributed by atoms with Crippen LogP contribution in [0.5, 0.6) is 11.5 Å². The molecule has 2 heterocycles. The van der Waals surface area contributed by atoms with Crippen LogP contribution in [-0.4, -0.2) is 74.4 Å². The minimum atomic E-state index is -3.81. The molecule has 0 bridgehead atoms. The fourth-order valence-corrected chi connectivity index (χ4v) is 6.58. The van der Waals surface area contributed by atoms with E-state index >= 15 is 0 Å². The summed E-state index contributed by atoms with van der Waals surface area (Å²) in [6.07, 6.45) is 2.57. The molecule has 1 aromatic heterocycles. The van der Waals surface area contributed by atoms with Crippen molar-refractivity contribution in [2.45, 2.75) is 48.9 Å². The number of hydrogen-bond donors (Lipinski definition) is 3. The van der Waals surface area contributed by atoms with E-state index in [1.165, 1.54) is 57.9 Å². The third kappa shape index (κ3) is 6.80. The van der Waals surface area contributed by atoms with Crippen molar-refractivity contribution in [3.05, 3.63) is 71.5 Å². The van der Waals surface area contributed by atoms with Crippen LogP contribution >= 0.6 is 0 Å². The lowest BCUT2D eigenvalue weighted by atomic mass is 10.0. The Morgan fingerprint density at radius 2 is 1.78 bits per heavy atom. The van der Waals surface area contributed by atoms with E-state index in [4.69, 9.17) is 15.2 Å². The minimum Gasteiger partial charge on any atom is -0.493 e. The van der Waals surface area contributed by atoms with Gasteiger partial charge in [0.25, 0.3) is 0 Å². The van der Waals surface area contributed by atoms with Crippen molar-refractivity contribution >= 4 is 39.1 Å². The molecule has 0 unspecified atom stereocenters. The first-order valence-corrected chi connectivity index (χ1v) is 15.7. The Kier molecular flexibility index (Phi) is 9.86. The Hall–Kier alpha value is -4.85. The van der Waals surface area contributed by atoms with Crippen LogP contribution in [0, 0.1) is 0 Å². The number of likely N-dealkylation sites (tertiary alicyclic amines) is 1. The molecule has 13 nitrogen and oxygen atoms in total. The Morgan fingerprint density at radius 1 is 1.07 bits per heavy atom. The van der Waals surface area contributed by atoms with Crippen LogP contribution < -0.4 is 25.4 Å². The van der Waals surface area contributed by atoms with Gasteiger partial charge in [-0.1, -0.05) is 6.07 Å². The summed E-state index contributed by atoms with van der Waals surface area (Å²) in [5.74, 6) is -0.248. The van der Waals surface area contributed by atoms with Gasteiger partial charge in [0.1, 0.15) is 6.04 Å². The molecule has 3 amide bonds. The summed E-state index contributed by atoms with van der Waals surface area (Å²) < 4.78 is 37.9. The molecule has 0 spiro atoms. The molecule has 1 aliphatic heterocycles. The molecule has 4 rings (SSSR count). The number of hydrogen-bond acceptors (Lipinski definition) is 9. The third-order valence-corrected chi connectivity index (χ3v) is 10.0. The number of sulfone groups is 1. The largest absolute Gasteiger partial charge is 0.493 e. The minimum absolute atomic E-state index is 0.0405. The monoisotopic (exact) mass is 639 g/mol. The maximum absolute atomic E-state index is 14.6. The summed E-state index contributed by atoms with van der Waals surface area (Å²) in [4.78, 5) is 44.9. The summed E-state index contributed by atoms with van der Waals surface area (Å²) >= 11 is 0. The standard InChI is InChI=1S/C31H37N5O8S/c1-18(2)45(41,42)27-11-9-22(35(3)31(39)40)15-23(27)24-7-6-12-36(24)30(38)28(19-8-10-25(43-4)26(14-19)44-5)34-21-13-20(29(32)37)16-33-17-21/h8-11,13-18,24,28,34H,6-7,12H2,1-5H3,(H2,32,37)(H,39,40)/t24-,28+/m1/s1. The summed E-state index contributed by atoms with van der Waals surface area (Å²) in [6, 6.07) is 9.16. The van der Waals surface area contributed by atoms with Crippen LogP contribution in [-0.2, 0) is 14.6 Å². The molecule has 0 radical (unpaired) electrons. The van der Waals surface area contributed by atoms with E-state index in [2.05, 4.69) is 10.3 Å². The number of benzene rings is 2. The molecule has 2 aromatic carbocycles. The van der Waals surface area contributed by atoms with E-state index in [0.717, 1.165) is 4.90 Å². The number of ether oxygens (including phenoxy) is 2. The molecule has 14 heteroatoms. The molecule has 0 saturated carbocycles. The Morgan fingerprint density at radius 3 is 2.40 bits per heavy atom. The van der Waals surface area contributed by atoms with E-state index in [1.54, 1.807) is 36.9 Å². The number of aromatic nitrogens is 1. The average Bonchev–Trinajstić information content (AvgIpc) is 3.52. The molecule has 1 saturated heterocycles. The number of nitrogens with two attached hydrogens (primary N) is 1.